The van der Waals surface area contributed by atoms with Crippen molar-refractivity contribution in [3.05, 3.63) is 94.0 Å². The standard InChI is InChI=1S/C24H23ClN2O/c1-17-15-21(25)12-13-22(17)26-24(28)20-10-8-18(9-11-20)16-27-14-4-6-19-5-2-3-7-23(19)27/h2-3,5,7-13,15H,4,6,14,16H2,1H3,(H,26,28). The summed E-state index contributed by atoms with van der Waals surface area (Å²) in [5, 5.41) is 3.63. The molecular formula is C24H23ClN2O. The van der Waals surface area contributed by atoms with Gasteiger partial charge in [-0.2, -0.15) is 0 Å². The second kappa shape index (κ2) is 8.07. The van der Waals surface area contributed by atoms with Crippen LogP contribution in [0, 0.1) is 6.92 Å². The summed E-state index contributed by atoms with van der Waals surface area (Å²) in [4.78, 5) is 15.0. The molecule has 0 unspecified atom stereocenters. The number of hydrogen-bond acceptors (Lipinski definition) is 2. The lowest BCUT2D eigenvalue weighted by molar-refractivity contribution is 0.102. The molecule has 0 atom stereocenters. The Morgan fingerprint density at radius 2 is 1.86 bits per heavy atom. The number of fused-ring (bicyclic) bond motifs is 1. The van der Waals surface area contributed by atoms with E-state index < -0.39 is 0 Å². The molecule has 4 heteroatoms. The van der Waals surface area contributed by atoms with E-state index in [0.29, 0.717) is 10.6 Å². The first-order chi connectivity index (χ1) is 13.6. The van der Waals surface area contributed by atoms with Crippen LogP contribution in [0.1, 0.15) is 33.5 Å². The second-order valence-electron chi connectivity index (χ2n) is 7.26. The maximum absolute atomic E-state index is 12.6. The minimum atomic E-state index is -0.111. The van der Waals surface area contributed by atoms with E-state index in [9.17, 15) is 4.79 Å². The van der Waals surface area contributed by atoms with Crippen LogP contribution in [-0.2, 0) is 13.0 Å². The molecule has 3 aromatic carbocycles. The Labute approximate surface area is 171 Å². The van der Waals surface area contributed by atoms with E-state index in [1.807, 2.05) is 43.3 Å². The van der Waals surface area contributed by atoms with Crippen molar-refractivity contribution in [2.24, 2.45) is 0 Å². The third kappa shape index (κ3) is 4.05. The molecule has 1 amide bonds. The van der Waals surface area contributed by atoms with Gasteiger partial charge in [-0.1, -0.05) is 41.9 Å². The smallest absolute Gasteiger partial charge is 0.255 e. The molecule has 0 aliphatic carbocycles. The minimum Gasteiger partial charge on any atom is -0.367 e. The summed E-state index contributed by atoms with van der Waals surface area (Å²) in [7, 11) is 0. The molecule has 1 aliphatic heterocycles. The van der Waals surface area contributed by atoms with Gasteiger partial charge in [0.2, 0.25) is 0 Å². The Morgan fingerprint density at radius 1 is 1.07 bits per heavy atom. The summed E-state index contributed by atoms with van der Waals surface area (Å²) >= 11 is 5.98. The Balaban J connectivity index is 1.45. The van der Waals surface area contributed by atoms with Crippen molar-refractivity contribution in [1.29, 1.82) is 0 Å². The molecule has 1 aliphatic rings. The van der Waals surface area contributed by atoms with Gasteiger partial charge in [0.25, 0.3) is 5.91 Å². The lowest BCUT2D eigenvalue weighted by Crippen LogP contribution is -2.28. The number of anilines is 2. The van der Waals surface area contributed by atoms with Crippen molar-refractivity contribution in [1.82, 2.24) is 0 Å². The van der Waals surface area contributed by atoms with Gasteiger partial charge in [0.1, 0.15) is 0 Å². The van der Waals surface area contributed by atoms with Crippen molar-refractivity contribution in [2.75, 3.05) is 16.8 Å². The van der Waals surface area contributed by atoms with Crippen LogP contribution in [0.3, 0.4) is 0 Å². The summed E-state index contributed by atoms with van der Waals surface area (Å²) in [6.07, 6.45) is 2.33. The van der Waals surface area contributed by atoms with Crippen LogP contribution in [0.5, 0.6) is 0 Å². The first-order valence-electron chi connectivity index (χ1n) is 9.59. The van der Waals surface area contributed by atoms with Crippen LogP contribution in [0.25, 0.3) is 0 Å². The molecule has 0 radical (unpaired) electrons. The third-order valence-electron chi connectivity index (χ3n) is 5.23. The summed E-state index contributed by atoms with van der Waals surface area (Å²) in [6, 6.07) is 22.0. The minimum absolute atomic E-state index is 0.111. The number of para-hydroxylation sites is 1. The number of benzene rings is 3. The van der Waals surface area contributed by atoms with Crippen molar-refractivity contribution in [3.63, 3.8) is 0 Å². The van der Waals surface area contributed by atoms with E-state index in [1.54, 1.807) is 6.07 Å². The highest BCUT2D eigenvalue weighted by Crippen LogP contribution is 2.28. The molecule has 3 nitrogen and oxygen atoms in total. The normalized spacial score (nSPS) is 13.1. The van der Waals surface area contributed by atoms with Gasteiger partial charge in [-0.15, -0.1) is 0 Å². The maximum Gasteiger partial charge on any atom is 0.255 e. The summed E-state index contributed by atoms with van der Waals surface area (Å²) in [6.45, 7) is 3.85. The van der Waals surface area contributed by atoms with E-state index >= 15 is 0 Å². The third-order valence-corrected chi connectivity index (χ3v) is 5.47. The largest absolute Gasteiger partial charge is 0.367 e. The van der Waals surface area contributed by atoms with Crippen LogP contribution in [0.2, 0.25) is 5.02 Å². The van der Waals surface area contributed by atoms with Gasteiger partial charge >= 0.3 is 0 Å². The van der Waals surface area contributed by atoms with Crippen molar-refractivity contribution in [3.8, 4) is 0 Å². The number of aryl methyl sites for hydroxylation is 2. The van der Waals surface area contributed by atoms with Gasteiger partial charge in [-0.25, -0.2) is 0 Å². The molecule has 0 bridgehead atoms. The monoisotopic (exact) mass is 390 g/mol. The highest BCUT2D eigenvalue weighted by molar-refractivity contribution is 6.30. The Bertz CT molecular complexity index is 998. The molecule has 1 heterocycles. The zero-order chi connectivity index (χ0) is 19.5. The quantitative estimate of drug-likeness (QED) is 0.605. The molecule has 4 rings (SSSR count). The zero-order valence-electron chi connectivity index (χ0n) is 15.9. The second-order valence-corrected chi connectivity index (χ2v) is 7.70. The summed E-state index contributed by atoms with van der Waals surface area (Å²) in [5.41, 5.74) is 6.33. The molecular weight excluding hydrogens is 368 g/mol. The molecule has 0 fully saturated rings. The first-order valence-corrected chi connectivity index (χ1v) is 9.97. The fourth-order valence-electron chi connectivity index (χ4n) is 3.72. The van der Waals surface area contributed by atoms with Crippen molar-refractivity contribution in [2.45, 2.75) is 26.3 Å². The van der Waals surface area contributed by atoms with Gasteiger partial charge < -0.3 is 10.2 Å². The predicted octanol–water partition coefficient (Wildman–Crippen LogP) is 5.85. The van der Waals surface area contributed by atoms with Gasteiger partial charge in [0, 0.05) is 35.1 Å². The number of rotatable bonds is 4. The van der Waals surface area contributed by atoms with Crippen LogP contribution in [0.15, 0.2) is 66.7 Å². The number of halogens is 1. The van der Waals surface area contributed by atoms with Gasteiger partial charge in [0.05, 0.1) is 0 Å². The molecule has 0 saturated carbocycles. The van der Waals surface area contributed by atoms with Crippen molar-refractivity contribution < 1.29 is 4.79 Å². The Hall–Kier alpha value is -2.78. The Kier molecular flexibility index (Phi) is 5.36. The summed E-state index contributed by atoms with van der Waals surface area (Å²) < 4.78 is 0. The highest BCUT2D eigenvalue weighted by Gasteiger charge is 2.16. The lowest BCUT2D eigenvalue weighted by Gasteiger charge is -2.31. The van der Waals surface area contributed by atoms with E-state index in [-0.39, 0.29) is 5.91 Å². The number of carbonyl (C=O) groups excluding carboxylic acids is 1. The topological polar surface area (TPSA) is 32.3 Å². The van der Waals surface area contributed by atoms with E-state index in [4.69, 9.17) is 11.6 Å². The number of nitrogens with one attached hydrogen (secondary N) is 1. The maximum atomic E-state index is 12.6. The molecule has 1 N–H and O–H groups in total. The van der Waals surface area contributed by atoms with Crippen LogP contribution < -0.4 is 10.2 Å². The highest BCUT2D eigenvalue weighted by atomic mass is 35.5. The van der Waals surface area contributed by atoms with Gasteiger partial charge in [-0.3, -0.25) is 4.79 Å². The molecule has 142 valence electrons. The first kappa shape index (κ1) is 18.6. The number of amides is 1. The van der Waals surface area contributed by atoms with Gasteiger partial charge in [-0.05, 0) is 72.9 Å². The van der Waals surface area contributed by atoms with Gasteiger partial charge in [0.15, 0.2) is 0 Å². The molecule has 0 saturated heterocycles. The van der Waals surface area contributed by atoms with Crippen molar-refractivity contribution >= 4 is 28.9 Å². The fraction of sp³-hybridized carbons (Fsp3) is 0.208. The SMILES string of the molecule is Cc1cc(Cl)ccc1NC(=O)c1ccc(CN2CCCc3ccccc32)cc1. The van der Waals surface area contributed by atoms with Crippen LogP contribution in [-0.4, -0.2) is 12.5 Å². The number of nitrogens with zero attached hydrogens (tertiary/aromatic N) is 1. The van der Waals surface area contributed by atoms with Crippen LogP contribution >= 0.6 is 11.6 Å². The predicted molar refractivity (Wildman–Crippen MR) is 116 cm³/mol. The molecule has 3 aromatic rings. The zero-order valence-corrected chi connectivity index (χ0v) is 16.7. The molecule has 0 spiro atoms. The van der Waals surface area contributed by atoms with E-state index in [1.165, 1.54) is 23.2 Å². The van der Waals surface area contributed by atoms with E-state index in [0.717, 1.165) is 30.8 Å². The number of hydrogen-bond donors (Lipinski definition) is 1. The molecule has 0 aromatic heterocycles. The number of carbonyl (C=O) groups is 1. The fourth-order valence-corrected chi connectivity index (χ4v) is 3.95. The lowest BCUT2D eigenvalue weighted by atomic mass is 10.0. The average molecular weight is 391 g/mol. The Morgan fingerprint density at radius 3 is 2.64 bits per heavy atom. The average Bonchev–Trinajstić information content (AvgIpc) is 2.71. The summed E-state index contributed by atoms with van der Waals surface area (Å²) in [5.74, 6) is -0.111. The van der Waals surface area contributed by atoms with E-state index in [2.05, 4.69) is 34.5 Å². The molecule has 28 heavy (non-hydrogen) atoms. The van der Waals surface area contributed by atoms with Crippen LogP contribution in [0.4, 0.5) is 11.4 Å².